The van der Waals surface area contributed by atoms with Crippen LogP contribution in [0.1, 0.15) is 45.3 Å². The number of carbonyl (C=O) groups is 2. The van der Waals surface area contributed by atoms with Crippen LogP contribution in [0.4, 0.5) is 5.13 Å². The summed E-state index contributed by atoms with van der Waals surface area (Å²) >= 11 is 1.46. The van der Waals surface area contributed by atoms with Crippen molar-refractivity contribution in [2.24, 2.45) is 0 Å². The maximum atomic E-state index is 12.4. The number of anilines is 1. The summed E-state index contributed by atoms with van der Waals surface area (Å²) < 4.78 is 4.97. The number of thiazole rings is 1. The molecule has 7 heteroatoms. The van der Waals surface area contributed by atoms with Gasteiger partial charge in [-0.15, -0.1) is 11.3 Å². The lowest BCUT2D eigenvalue weighted by molar-refractivity contribution is -0.123. The van der Waals surface area contributed by atoms with Crippen molar-refractivity contribution in [3.05, 3.63) is 46.0 Å². The van der Waals surface area contributed by atoms with Gasteiger partial charge in [0, 0.05) is 24.1 Å². The number of hydrogen-bond acceptors (Lipinski definition) is 5. The smallest absolute Gasteiger partial charge is 0.257 e. The number of rotatable bonds is 6. The minimum absolute atomic E-state index is 0.0234. The zero-order chi connectivity index (χ0) is 18.5. The van der Waals surface area contributed by atoms with Gasteiger partial charge in [0.15, 0.2) is 5.13 Å². The Morgan fingerprint density at radius 1 is 1.31 bits per heavy atom. The molecule has 3 rings (SSSR count). The first-order chi connectivity index (χ1) is 12.6. The average Bonchev–Trinajstić information content (AvgIpc) is 3.04. The largest absolute Gasteiger partial charge is 0.383 e. The van der Waals surface area contributed by atoms with Crippen LogP contribution in [0.3, 0.4) is 0 Å². The lowest BCUT2D eigenvalue weighted by Gasteiger charge is -2.20. The van der Waals surface area contributed by atoms with Gasteiger partial charge in [-0.2, -0.15) is 0 Å². The number of ether oxygens (including phenoxy) is 1. The van der Waals surface area contributed by atoms with Crippen LogP contribution in [0.2, 0.25) is 0 Å². The summed E-state index contributed by atoms with van der Waals surface area (Å²) in [6.07, 6.45) is 2.62. The molecule has 138 valence electrons. The van der Waals surface area contributed by atoms with Crippen molar-refractivity contribution in [2.45, 2.75) is 32.1 Å². The third kappa shape index (κ3) is 4.28. The second kappa shape index (κ2) is 8.42. The van der Waals surface area contributed by atoms with Crippen LogP contribution in [0.5, 0.6) is 0 Å². The summed E-state index contributed by atoms with van der Waals surface area (Å²) in [6.45, 7) is 2.96. The molecule has 0 saturated heterocycles. The van der Waals surface area contributed by atoms with E-state index in [1.54, 1.807) is 19.2 Å². The second-order valence-corrected chi connectivity index (χ2v) is 7.46. The Balaban J connectivity index is 1.71. The number of nitrogens with one attached hydrogen (secondary N) is 2. The molecule has 0 aliphatic heterocycles. The number of aryl methyl sites for hydroxylation is 2. The van der Waals surface area contributed by atoms with Crippen LogP contribution in [-0.4, -0.2) is 37.1 Å². The van der Waals surface area contributed by atoms with E-state index in [9.17, 15) is 9.59 Å². The minimum Gasteiger partial charge on any atom is -0.383 e. The molecule has 1 aliphatic carbocycles. The zero-order valence-corrected chi connectivity index (χ0v) is 15.8. The predicted molar refractivity (Wildman–Crippen MR) is 102 cm³/mol. The van der Waals surface area contributed by atoms with Crippen LogP contribution >= 0.6 is 11.3 Å². The summed E-state index contributed by atoms with van der Waals surface area (Å²) in [5.74, 6) is -0.459. The lowest BCUT2D eigenvalue weighted by Crippen LogP contribution is -2.33. The number of benzene rings is 1. The van der Waals surface area contributed by atoms with Crippen molar-refractivity contribution in [3.8, 4) is 0 Å². The van der Waals surface area contributed by atoms with Crippen LogP contribution in [0.25, 0.3) is 0 Å². The molecule has 0 radical (unpaired) electrons. The van der Waals surface area contributed by atoms with Gasteiger partial charge in [0.25, 0.3) is 5.91 Å². The fourth-order valence-corrected chi connectivity index (χ4v) is 4.06. The van der Waals surface area contributed by atoms with Gasteiger partial charge in [0.2, 0.25) is 5.91 Å². The molecule has 6 nitrogen and oxygen atoms in total. The van der Waals surface area contributed by atoms with Gasteiger partial charge in [0.05, 0.1) is 18.2 Å². The summed E-state index contributed by atoms with van der Waals surface area (Å²) in [4.78, 5) is 30.5. The van der Waals surface area contributed by atoms with E-state index in [4.69, 9.17) is 4.74 Å². The van der Waals surface area contributed by atoms with Crippen LogP contribution in [-0.2, 0) is 16.0 Å². The Labute approximate surface area is 157 Å². The molecule has 1 atom stereocenters. The van der Waals surface area contributed by atoms with Crippen molar-refractivity contribution in [2.75, 3.05) is 25.6 Å². The predicted octanol–water partition coefficient (Wildman–Crippen LogP) is 2.89. The summed E-state index contributed by atoms with van der Waals surface area (Å²) in [5.41, 5.74) is 2.50. The Kier molecular flexibility index (Phi) is 6.00. The van der Waals surface area contributed by atoms with Gasteiger partial charge in [-0.25, -0.2) is 4.98 Å². The standard InChI is InChI=1S/C19H23N3O3S/c1-12-6-8-13(9-7-12)17(23)22-19-21-16-14(4-3-5-15(16)26-19)18(24)20-10-11-25-2/h6-9,14H,3-5,10-11H2,1-2H3,(H,20,24)(H,21,22,23). The zero-order valence-electron chi connectivity index (χ0n) is 15.0. The maximum Gasteiger partial charge on any atom is 0.257 e. The van der Waals surface area contributed by atoms with Crippen molar-refractivity contribution in [1.29, 1.82) is 0 Å². The fourth-order valence-electron chi connectivity index (χ4n) is 3.00. The Morgan fingerprint density at radius 3 is 2.81 bits per heavy atom. The average molecular weight is 373 g/mol. The van der Waals surface area contributed by atoms with Gasteiger partial charge in [-0.3, -0.25) is 14.9 Å². The van der Waals surface area contributed by atoms with E-state index in [0.717, 1.165) is 35.4 Å². The summed E-state index contributed by atoms with van der Waals surface area (Å²) in [7, 11) is 1.61. The molecular formula is C19H23N3O3S. The third-order valence-electron chi connectivity index (χ3n) is 4.41. The van der Waals surface area contributed by atoms with Crippen molar-refractivity contribution in [3.63, 3.8) is 0 Å². The van der Waals surface area contributed by atoms with Crippen molar-refractivity contribution >= 4 is 28.3 Å². The Hall–Kier alpha value is -2.25. The molecule has 0 spiro atoms. The highest BCUT2D eigenvalue weighted by atomic mass is 32.1. The van der Waals surface area contributed by atoms with Crippen molar-refractivity contribution < 1.29 is 14.3 Å². The van der Waals surface area contributed by atoms with Crippen LogP contribution in [0, 0.1) is 6.92 Å². The van der Waals surface area contributed by atoms with Crippen LogP contribution in [0.15, 0.2) is 24.3 Å². The summed E-state index contributed by atoms with van der Waals surface area (Å²) in [6, 6.07) is 7.40. The highest BCUT2D eigenvalue weighted by molar-refractivity contribution is 7.15. The number of nitrogens with zero attached hydrogens (tertiary/aromatic N) is 1. The molecule has 26 heavy (non-hydrogen) atoms. The highest BCUT2D eigenvalue weighted by Gasteiger charge is 2.30. The highest BCUT2D eigenvalue weighted by Crippen LogP contribution is 2.36. The fraction of sp³-hybridized carbons (Fsp3) is 0.421. The van der Waals surface area contributed by atoms with E-state index in [1.165, 1.54) is 11.3 Å². The maximum absolute atomic E-state index is 12.4. The number of methoxy groups -OCH3 is 1. The normalized spacial score (nSPS) is 16.0. The molecule has 0 bridgehead atoms. The first-order valence-electron chi connectivity index (χ1n) is 8.72. The molecule has 1 unspecified atom stereocenters. The number of carbonyl (C=O) groups excluding carboxylic acids is 2. The molecule has 1 aromatic heterocycles. The molecule has 1 heterocycles. The van der Waals surface area contributed by atoms with Gasteiger partial charge < -0.3 is 10.1 Å². The molecule has 2 aromatic rings. The molecule has 1 aromatic carbocycles. The topological polar surface area (TPSA) is 80.3 Å². The number of amides is 2. The van der Waals surface area contributed by atoms with E-state index in [2.05, 4.69) is 15.6 Å². The van der Waals surface area contributed by atoms with Gasteiger partial charge in [-0.1, -0.05) is 17.7 Å². The van der Waals surface area contributed by atoms with E-state index >= 15 is 0 Å². The number of aromatic nitrogens is 1. The molecule has 2 N–H and O–H groups in total. The molecule has 0 fully saturated rings. The quantitative estimate of drug-likeness (QED) is 0.763. The monoisotopic (exact) mass is 373 g/mol. The Bertz CT molecular complexity index is 786. The number of hydrogen-bond donors (Lipinski definition) is 2. The summed E-state index contributed by atoms with van der Waals surface area (Å²) in [5, 5.41) is 6.31. The molecule has 1 aliphatic rings. The first-order valence-corrected chi connectivity index (χ1v) is 9.54. The first kappa shape index (κ1) is 18.5. The Morgan fingerprint density at radius 2 is 2.08 bits per heavy atom. The van der Waals surface area contributed by atoms with Gasteiger partial charge in [0.1, 0.15) is 0 Å². The van der Waals surface area contributed by atoms with E-state index in [1.807, 2.05) is 19.1 Å². The van der Waals surface area contributed by atoms with E-state index in [0.29, 0.717) is 23.8 Å². The van der Waals surface area contributed by atoms with Crippen molar-refractivity contribution in [1.82, 2.24) is 10.3 Å². The SMILES string of the molecule is COCCNC(=O)C1CCCc2sc(NC(=O)c3ccc(C)cc3)nc21. The van der Waals surface area contributed by atoms with E-state index < -0.39 is 0 Å². The van der Waals surface area contributed by atoms with E-state index in [-0.39, 0.29) is 17.7 Å². The number of fused-ring (bicyclic) bond motifs is 1. The minimum atomic E-state index is -0.253. The molecule has 2 amide bonds. The second-order valence-electron chi connectivity index (χ2n) is 6.38. The van der Waals surface area contributed by atoms with Gasteiger partial charge >= 0.3 is 0 Å². The molecular weight excluding hydrogens is 350 g/mol. The van der Waals surface area contributed by atoms with Crippen LogP contribution < -0.4 is 10.6 Å². The van der Waals surface area contributed by atoms with Gasteiger partial charge in [-0.05, 0) is 38.3 Å². The molecule has 0 saturated carbocycles. The third-order valence-corrected chi connectivity index (χ3v) is 5.46. The lowest BCUT2D eigenvalue weighted by atomic mass is 9.90.